The van der Waals surface area contributed by atoms with Gasteiger partial charge in [0, 0.05) is 25.1 Å². The smallest absolute Gasteiger partial charge is 0.344 e. The zero-order valence-corrected chi connectivity index (χ0v) is 13.5. The van der Waals surface area contributed by atoms with Crippen LogP contribution in [0, 0.1) is 0 Å². The molecule has 6 nitrogen and oxygen atoms in total. The second-order valence-electron chi connectivity index (χ2n) is 4.78. The van der Waals surface area contributed by atoms with Crippen molar-refractivity contribution in [3.8, 4) is 5.75 Å². The first-order valence-electron chi connectivity index (χ1n) is 7.13. The van der Waals surface area contributed by atoms with E-state index < -0.39 is 12.1 Å². The maximum atomic E-state index is 11.4. The van der Waals surface area contributed by atoms with Gasteiger partial charge in [-0.3, -0.25) is 4.98 Å². The van der Waals surface area contributed by atoms with E-state index in [1.807, 2.05) is 0 Å². The number of nitrogens with zero attached hydrogens (tertiary/aromatic N) is 1. The van der Waals surface area contributed by atoms with Gasteiger partial charge in [0.15, 0.2) is 6.10 Å². The average Bonchev–Trinajstić information content (AvgIpc) is 2.55. The number of fused-ring (bicyclic) bond motifs is 1. The predicted molar refractivity (Wildman–Crippen MR) is 86.1 cm³/mol. The Bertz CT molecular complexity index is 664. The summed E-state index contributed by atoms with van der Waals surface area (Å²) in [6, 6.07) is 6.85. The van der Waals surface area contributed by atoms with Crippen molar-refractivity contribution >= 4 is 28.5 Å². The Hall–Kier alpha value is -1.89. The highest BCUT2D eigenvalue weighted by Gasteiger charge is 2.21. The number of carboxylic acids is 1. The van der Waals surface area contributed by atoms with Gasteiger partial charge in [0.1, 0.15) is 11.3 Å². The summed E-state index contributed by atoms with van der Waals surface area (Å²) >= 11 is 6.12. The predicted octanol–water partition coefficient (Wildman–Crippen LogP) is 2.77. The van der Waals surface area contributed by atoms with Gasteiger partial charge in [-0.2, -0.15) is 0 Å². The van der Waals surface area contributed by atoms with Crippen molar-refractivity contribution in [2.75, 3.05) is 26.9 Å². The summed E-state index contributed by atoms with van der Waals surface area (Å²) in [5, 5.41) is 10.6. The standard InChI is InChI=1S/C16H18ClNO5/c1-21-9-10-22-8-6-14(16(19)20)23-13-5-4-12(17)11-3-2-7-18-15(11)13/h2-5,7,14H,6,8-10H2,1H3,(H,19,20). The number of carboxylic acid groups (broad SMARTS) is 1. The van der Waals surface area contributed by atoms with Gasteiger partial charge in [0.25, 0.3) is 0 Å². The van der Waals surface area contributed by atoms with Crippen molar-refractivity contribution in [2.24, 2.45) is 0 Å². The monoisotopic (exact) mass is 339 g/mol. The molecule has 0 aliphatic rings. The van der Waals surface area contributed by atoms with Crippen LogP contribution in [-0.2, 0) is 14.3 Å². The Labute approximate surface area is 138 Å². The van der Waals surface area contributed by atoms with Crippen molar-refractivity contribution in [3.63, 3.8) is 0 Å². The molecule has 7 heteroatoms. The van der Waals surface area contributed by atoms with Crippen LogP contribution in [0.1, 0.15) is 6.42 Å². The number of benzene rings is 1. The molecule has 0 aliphatic heterocycles. The lowest BCUT2D eigenvalue weighted by Crippen LogP contribution is -2.28. The third-order valence-electron chi connectivity index (χ3n) is 3.18. The summed E-state index contributed by atoms with van der Waals surface area (Å²) in [4.78, 5) is 15.6. The number of hydrogen-bond donors (Lipinski definition) is 1. The summed E-state index contributed by atoms with van der Waals surface area (Å²) in [7, 11) is 1.57. The molecular weight excluding hydrogens is 322 g/mol. The first kappa shape index (κ1) is 17.5. The lowest BCUT2D eigenvalue weighted by atomic mass is 10.2. The lowest BCUT2D eigenvalue weighted by Gasteiger charge is -2.16. The number of aliphatic carboxylic acids is 1. The number of ether oxygens (including phenoxy) is 3. The second kappa shape index (κ2) is 8.67. The summed E-state index contributed by atoms with van der Waals surface area (Å²) in [5.74, 6) is -0.673. The minimum Gasteiger partial charge on any atom is -0.479 e. The van der Waals surface area contributed by atoms with Crippen molar-refractivity contribution in [1.82, 2.24) is 4.98 Å². The molecule has 0 radical (unpaired) electrons. The Kier molecular flexibility index (Phi) is 6.58. The number of methoxy groups -OCH3 is 1. The minimum absolute atomic E-state index is 0.218. The number of halogens is 1. The van der Waals surface area contributed by atoms with Crippen molar-refractivity contribution in [1.29, 1.82) is 0 Å². The van der Waals surface area contributed by atoms with E-state index >= 15 is 0 Å². The fourth-order valence-corrected chi connectivity index (χ4v) is 2.24. The fourth-order valence-electron chi connectivity index (χ4n) is 2.03. The maximum Gasteiger partial charge on any atom is 0.344 e. The Morgan fingerprint density at radius 2 is 2.13 bits per heavy atom. The Morgan fingerprint density at radius 1 is 1.30 bits per heavy atom. The van der Waals surface area contributed by atoms with E-state index in [0.717, 1.165) is 0 Å². The molecule has 124 valence electrons. The van der Waals surface area contributed by atoms with Crippen LogP contribution >= 0.6 is 11.6 Å². The van der Waals surface area contributed by atoms with E-state index in [2.05, 4.69) is 4.98 Å². The van der Waals surface area contributed by atoms with Gasteiger partial charge in [-0.25, -0.2) is 4.79 Å². The Morgan fingerprint density at radius 3 is 2.87 bits per heavy atom. The molecule has 0 saturated carbocycles. The molecule has 1 aromatic heterocycles. The number of hydrogen-bond acceptors (Lipinski definition) is 5. The third kappa shape index (κ3) is 4.79. The van der Waals surface area contributed by atoms with Gasteiger partial charge in [0.05, 0.1) is 24.8 Å². The van der Waals surface area contributed by atoms with E-state index in [1.54, 1.807) is 37.6 Å². The molecular formula is C16H18ClNO5. The molecule has 2 rings (SSSR count). The molecule has 2 aromatic rings. The summed E-state index contributed by atoms with van der Waals surface area (Å²) in [6.07, 6.45) is 0.800. The van der Waals surface area contributed by atoms with Gasteiger partial charge >= 0.3 is 5.97 Å². The lowest BCUT2D eigenvalue weighted by molar-refractivity contribution is -0.146. The van der Waals surface area contributed by atoms with Crippen molar-refractivity contribution < 1.29 is 24.1 Å². The van der Waals surface area contributed by atoms with E-state index in [9.17, 15) is 9.90 Å². The van der Waals surface area contributed by atoms with E-state index in [4.69, 9.17) is 25.8 Å². The van der Waals surface area contributed by atoms with Gasteiger partial charge < -0.3 is 19.3 Å². The first-order chi connectivity index (χ1) is 11.1. The fraction of sp³-hybridized carbons (Fsp3) is 0.375. The van der Waals surface area contributed by atoms with Gasteiger partial charge in [-0.1, -0.05) is 11.6 Å². The molecule has 1 heterocycles. The van der Waals surface area contributed by atoms with Crippen LogP contribution in [0.2, 0.25) is 5.02 Å². The summed E-state index contributed by atoms with van der Waals surface area (Å²) in [6.45, 7) is 1.14. The molecule has 23 heavy (non-hydrogen) atoms. The van der Waals surface area contributed by atoms with Crippen LogP contribution in [0.5, 0.6) is 5.75 Å². The topological polar surface area (TPSA) is 77.9 Å². The highest BCUT2D eigenvalue weighted by molar-refractivity contribution is 6.35. The van der Waals surface area contributed by atoms with Crippen LogP contribution in [-0.4, -0.2) is 49.1 Å². The molecule has 1 N–H and O–H groups in total. The average molecular weight is 340 g/mol. The molecule has 0 bridgehead atoms. The molecule has 1 unspecified atom stereocenters. The zero-order valence-electron chi connectivity index (χ0n) is 12.7. The van der Waals surface area contributed by atoms with Gasteiger partial charge in [-0.15, -0.1) is 0 Å². The van der Waals surface area contributed by atoms with Crippen LogP contribution in [0.25, 0.3) is 10.9 Å². The maximum absolute atomic E-state index is 11.4. The summed E-state index contributed by atoms with van der Waals surface area (Å²) < 4.78 is 15.8. The van der Waals surface area contributed by atoms with E-state index in [-0.39, 0.29) is 13.0 Å². The highest BCUT2D eigenvalue weighted by Crippen LogP contribution is 2.30. The minimum atomic E-state index is -1.06. The third-order valence-corrected chi connectivity index (χ3v) is 3.51. The molecule has 0 aliphatic carbocycles. The Balaban J connectivity index is 2.08. The quantitative estimate of drug-likeness (QED) is 0.708. The van der Waals surface area contributed by atoms with Crippen molar-refractivity contribution in [2.45, 2.75) is 12.5 Å². The molecule has 0 spiro atoms. The largest absolute Gasteiger partial charge is 0.479 e. The first-order valence-corrected chi connectivity index (χ1v) is 7.50. The SMILES string of the molecule is COCCOCCC(Oc1ccc(Cl)c2cccnc12)C(=O)O. The molecule has 1 atom stereocenters. The highest BCUT2D eigenvalue weighted by atomic mass is 35.5. The number of carbonyl (C=O) groups is 1. The molecule has 1 aromatic carbocycles. The molecule has 0 saturated heterocycles. The summed E-state index contributed by atoms with van der Waals surface area (Å²) in [5.41, 5.74) is 0.534. The normalized spacial score (nSPS) is 12.3. The number of aromatic nitrogens is 1. The van der Waals surface area contributed by atoms with Gasteiger partial charge in [-0.05, 0) is 24.3 Å². The van der Waals surface area contributed by atoms with Crippen LogP contribution < -0.4 is 4.74 Å². The number of rotatable bonds is 9. The molecule has 0 fully saturated rings. The van der Waals surface area contributed by atoms with E-state index in [1.165, 1.54) is 0 Å². The van der Waals surface area contributed by atoms with Crippen LogP contribution in [0.4, 0.5) is 0 Å². The van der Waals surface area contributed by atoms with Crippen LogP contribution in [0.15, 0.2) is 30.5 Å². The zero-order chi connectivity index (χ0) is 16.7. The van der Waals surface area contributed by atoms with Crippen LogP contribution in [0.3, 0.4) is 0 Å². The van der Waals surface area contributed by atoms with Gasteiger partial charge in [0.2, 0.25) is 0 Å². The second-order valence-corrected chi connectivity index (χ2v) is 5.19. The van der Waals surface area contributed by atoms with Crippen molar-refractivity contribution in [3.05, 3.63) is 35.5 Å². The van der Waals surface area contributed by atoms with E-state index in [0.29, 0.717) is 34.9 Å². The molecule has 0 amide bonds. The number of pyridine rings is 1.